The Morgan fingerprint density at radius 2 is 2.22 bits per heavy atom. The van der Waals surface area contributed by atoms with E-state index in [0.29, 0.717) is 0 Å². The molecule has 2 aromatic heterocycles. The molecule has 0 amide bonds. The summed E-state index contributed by atoms with van der Waals surface area (Å²) in [5.41, 5.74) is 0.966. The van der Waals surface area contributed by atoms with Gasteiger partial charge < -0.3 is 10.2 Å². The van der Waals surface area contributed by atoms with Crippen molar-refractivity contribution >= 4 is 17.2 Å². The van der Waals surface area contributed by atoms with E-state index in [-0.39, 0.29) is 0 Å². The van der Waals surface area contributed by atoms with Gasteiger partial charge in [-0.2, -0.15) is 0 Å². The van der Waals surface area contributed by atoms with Gasteiger partial charge in [0.15, 0.2) is 0 Å². The molecule has 2 rings (SSSR count). The topological polar surface area (TPSA) is 41.1 Å². The van der Waals surface area contributed by atoms with Crippen molar-refractivity contribution < 1.29 is 0 Å². The average molecular weight is 262 g/mol. The van der Waals surface area contributed by atoms with Gasteiger partial charge in [-0.1, -0.05) is 6.07 Å². The molecule has 0 unspecified atom stereocenters. The minimum Gasteiger partial charge on any atom is -0.350 e. The van der Waals surface area contributed by atoms with E-state index in [4.69, 9.17) is 0 Å². The fraction of sp³-hybridized carbons (Fsp3) is 0.385. The molecule has 2 aromatic rings. The summed E-state index contributed by atoms with van der Waals surface area (Å²) in [6.07, 6.45) is 3.69. The Morgan fingerprint density at radius 3 is 2.78 bits per heavy atom. The van der Waals surface area contributed by atoms with E-state index in [2.05, 4.69) is 44.6 Å². The normalized spacial score (nSPS) is 10.6. The Bertz CT molecular complexity index is 452. The molecule has 0 saturated carbocycles. The molecule has 0 aliphatic rings. The molecule has 1 N–H and O–H groups in total. The summed E-state index contributed by atoms with van der Waals surface area (Å²) in [4.78, 5) is 12.4. The predicted octanol–water partition coefficient (Wildman–Crippen LogP) is 2.28. The molecule has 0 saturated heterocycles. The van der Waals surface area contributed by atoms with E-state index >= 15 is 0 Å². The third-order valence-corrected chi connectivity index (χ3v) is 3.54. The van der Waals surface area contributed by atoms with Crippen molar-refractivity contribution in [3.05, 3.63) is 40.5 Å². The summed E-state index contributed by atoms with van der Waals surface area (Å²) in [6.45, 7) is 4.72. The van der Waals surface area contributed by atoms with Crippen LogP contribution in [0.4, 0.5) is 5.82 Å². The van der Waals surface area contributed by atoms with Crippen LogP contribution in [0.3, 0.4) is 0 Å². The van der Waals surface area contributed by atoms with Crippen molar-refractivity contribution in [2.75, 3.05) is 18.5 Å². The molecule has 0 radical (unpaired) electrons. The fourth-order valence-electron chi connectivity index (χ4n) is 1.73. The zero-order chi connectivity index (χ0) is 12.8. The van der Waals surface area contributed by atoms with Crippen molar-refractivity contribution in [2.24, 2.45) is 0 Å². The van der Waals surface area contributed by atoms with Crippen LogP contribution in [0.25, 0.3) is 0 Å². The van der Waals surface area contributed by atoms with Crippen LogP contribution in [-0.2, 0) is 13.1 Å². The zero-order valence-corrected chi connectivity index (χ0v) is 11.6. The molecule has 0 aliphatic heterocycles. The number of nitrogens with one attached hydrogen (secondary N) is 1. The summed E-state index contributed by atoms with van der Waals surface area (Å²) in [5, 5.41) is 5.17. The molecule has 4 nitrogen and oxygen atoms in total. The Balaban J connectivity index is 2.07. The van der Waals surface area contributed by atoms with E-state index in [1.54, 1.807) is 11.3 Å². The molecule has 5 heteroatoms. The van der Waals surface area contributed by atoms with Gasteiger partial charge in [-0.15, -0.1) is 11.3 Å². The first-order valence-corrected chi connectivity index (χ1v) is 6.94. The maximum atomic E-state index is 4.48. The minimum atomic E-state index is 0.754. The van der Waals surface area contributed by atoms with Crippen LogP contribution in [-0.4, -0.2) is 23.6 Å². The van der Waals surface area contributed by atoms with Crippen LogP contribution in [0.2, 0.25) is 0 Å². The largest absolute Gasteiger partial charge is 0.350 e. The lowest BCUT2D eigenvalue weighted by Gasteiger charge is -2.20. The van der Waals surface area contributed by atoms with Crippen LogP contribution >= 0.6 is 11.3 Å². The Labute approximate surface area is 112 Å². The number of anilines is 1. The average Bonchev–Trinajstić information content (AvgIpc) is 2.90. The van der Waals surface area contributed by atoms with Gasteiger partial charge in [-0.25, -0.2) is 4.98 Å². The van der Waals surface area contributed by atoms with Gasteiger partial charge in [0.05, 0.1) is 24.6 Å². The molecule has 2 heterocycles. The number of thiophene rings is 1. The summed E-state index contributed by atoms with van der Waals surface area (Å²) in [7, 11) is 1.91. The third-order valence-electron chi connectivity index (χ3n) is 2.68. The van der Waals surface area contributed by atoms with Crippen molar-refractivity contribution in [3.63, 3.8) is 0 Å². The van der Waals surface area contributed by atoms with E-state index in [1.807, 2.05) is 19.4 Å². The first kappa shape index (κ1) is 13.0. The lowest BCUT2D eigenvalue weighted by Crippen LogP contribution is -2.23. The Kier molecular flexibility index (Phi) is 4.66. The summed E-state index contributed by atoms with van der Waals surface area (Å²) < 4.78 is 0. The van der Waals surface area contributed by atoms with Gasteiger partial charge in [-0.05, 0) is 25.4 Å². The van der Waals surface area contributed by atoms with E-state index in [0.717, 1.165) is 31.1 Å². The lowest BCUT2D eigenvalue weighted by molar-refractivity contribution is 0.771. The van der Waals surface area contributed by atoms with Crippen LogP contribution in [0.15, 0.2) is 29.9 Å². The van der Waals surface area contributed by atoms with Crippen LogP contribution in [0, 0.1) is 0 Å². The van der Waals surface area contributed by atoms with Crippen LogP contribution in [0.1, 0.15) is 17.5 Å². The maximum Gasteiger partial charge on any atom is 0.147 e. The second kappa shape index (κ2) is 6.47. The number of rotatable bonds is 6. The Hall–Kier alpha value is -1.46. The number of hydrogen-bond acceptors (Lipinski definition) is 5. The summed E-state index contributed by atoms with van der Waals surface area (Å²) >= 11 is 1.77. The van der Waals surface area contributed by atoms with E-state index in [9.17, 15) is 0 Å². The van der Waals surface area contributed by atoms with E-state index in [1.165, 1.54) is 4.88 Å². The predicted molar refractivity (Wildman–Crippen MR) is 75.8 cm³/mol. The third kappa shape index (κ3) is 3.27. The lowest BCUT2D eigenvalue weighted by atomic mass is 10.4. The number of nitrogens with zero attached hydrogens (tertiary/aromatic N) is 3. The van der Waals surface area contributed by atoms with Gasteiger partial charge in [0.1, 0.15) is 5.82 Å². The highest BCUT2D eigenvalue weighted by Crippen LogP contribution is 2.16. The summed E-state index contributed by atoms with van der Waals surface area (Å²) in [6, 6.07) is 4.23. The zero-order valence-electron chi connectivity index (χ0n) is 10.8. The first-order chi connectivity index (χ1) is 8.83. The van der Waals surface area contributed by atoms with Gasteiger partial charge in [-0.3, -0.25) is 4.98 Å². The molecule has 0 bridgehead atoms. The van der Waals surface area contributed by atoms with Crippen LogP contribution < -0.4 is 10.2 Å². The molecular formula is C13H18N4S. The Morgan fingerprint density at radius 1 is 1.33 bits per heavy atom. The molecule has 0 atom stereocenters. The number of hydrogen-bond donors (Lipinski definition) is 1. The molecule has 18 heavy (non-hydrogen) atoms. The molecular weight excluding hydrogens is 244 g/mol. The molecule has 0 spiro atoms. The van der Waals surface area contributed by atoms with Crippen molar-refractivity contribution in [1.29, 1.82) is 0 Å². The van der Waals surface area contributed by atoms with Gasteiger partial charge in [0, 0.05) is 18.0 Å². The summed E-state index contributed by atoms with van der Waals surface area (Å²) in [5.74, 6) is 0.936. The first-order valence-electron chi connectivity index (χ1n) is 6.06. The van der Waals surface area contributed by atoms with Crippen molar-refractivity contribution in [2.45, 2.75) is 20.0 Å². The standard InChI is InChI=1S/C13H18N4S/c1-3-17(10-12-5-4-6-18-12)13-9-15-11(7-14-2)8-16-13/h4-6,8-9,14H,3,7,10H2,1-2H3. The van der Waals surface area contributed by atoms with Crippen molar-refractivity contribution in [3.8, 4) is 0 Å². The molecule has 96 valence electrons. The highest BCUT2D eigenvalue weighted by Gasteiger charge is 2.07. The van der Waals surface area contributed by atoms with Crippen LogP contribution in [0.5, 0.6) is 0 Å². The second-order valence-corrected chi connectivity index (χ2v) is 5.02. The van der Waals surface area contributed by atoms with Gasteiger partial charge in [0.2, 0.25) is 0 Å². The smallest absolute Gasteiger partial charge is 0.147 e. The SMILES string of the molecule is CCN(Cc1cccs1)c1cnc(CNC)cn1. The molecule has 0 aliphatic carbocycles. The maximum absolute atomic E-state index is 4.48. The molecule has 0 fully saturated rings. The highest BCUT2D eigenvalue weighted by atomic mass is 32.1. The highest BCUT2D eigenvalue weighted by molar-refractivity contribution is 7.09. The van der Waals surface area contributed by atoms with E-state index < -0.39 is 0 Å². The van der Waals surface area contributed by atoms with Gasteiger partial charge >= 0.3 is 0 Å². The quantitative estimate of drug-likeness (QED) is 0.867. The van der Waals surface area contributed by atoms with Gasteiger partial charge in [0.25, 0.3) is 0 Å². The second-order valence-electron chi connectivity index (χ2n) is 3.99. The minimum absolute atomic E-state index is 0.754. The van der Waals surface area contributed by atoms with Crippen molar-refractivity contribution in [1.82, 2.24) is 15.3 Å². The molecule has 0 aromatic carbocycles. The monoisotopic (exact) mass is 262 g/mol. The number of aromatic nitrogens is 2. The fourth-order valence-corrected chi connectivity index (χ4v) is 2.45.